The number of unbranched alkanes of at least 4 members (excludes halogenated alkanes) is 1. The molecule has 0 atom stereocenters. The lowest BCUT2D eigenvalue weighted by molar-refractivity contribution is 0.307. The van der Waals surface area contributed by atoms with Gasteiger partial charge in [-0.25, -0.2) is 0 Å². The molecular formula is C22H29IN4O. The summed E-state index contributed by atoms with van der Waals surface area (Å²) in [5, 5.41) is 8.04. The molecule has 6 heteroatoms. The largest absolute Gasteiger partial charge is 0.494 e. The van der Waals surface area contributed by atoms with Crippen molar-refractivity contribution < 1.29 is 4.74 Å². The van der Waals surface area contributed by atoms with Crippen molar-refractivity contribution in [1.29, 1.82) is 0 Å². The number of aromatic nitrogens is 1. The zero-order valence-corrected chi connectivity index (χ0v) is 18.6. The molecule has 0 saturated heterocycles. The van der Waals surface area contributed by atoms with E-state index >= 15 is 0 Å². The second-order valence-corrected chi connectivity index (χ2v) is 6.40. The van der Waals surface area contributed by atoms with E-state index in [2.05, 4.69) is 51.1 Å². The molecule has 3 N–H and O–H groups in total. The van der Waals surface area contributed by atoms with E-state index in [0.29, 0.717) is 0 Å². The molecule has 0 spiro atoms. The van der Waals surface area contributed by atoms with Crippen LogP contribution >= 0.6 is 24.0 Å². The minimum Gasteiger partial charge on any atom is -0.494 e. The van der Waals surface area contributed by atoms with Gasteiger partial charge in [0.05, 0.1) is 6.61 Å². The minimum atomic E-state index is 0. The maximum Gasteiger partial charge on any atom is 0.190 e. The number of rotatable bonds is 9. The van der Waals surface area contributed by atoms with Gasteiger partial charge in [-0.3, -0.25) is 4.99 Å². The van der Waals surface area contributed by atoms with Crippen molar-refractivity contribution in [3.63, 3.8) is 0 Å². The first kappa shape index (κ1) is 22.1. The van der Waals surface area contributed by atoms with Crippen LogP contribution in [0.1, 0.15) is 18.4 Å². The highest BCUT2D eigenvalue weighted by Crippen LogP contribution is 2.17. The summed E-state index contributed by atoms with van der Waals surface area (Å²) in [6.45, 7) is 2.46. The van der Waals surface area contributed by atoms with Crippen molar-refractivity contribution in [1.82, 2.24) is 15.6 Å². The number of hydrogen-bond donors (Lipinski definition) is 3. The van der Waals surface area contributed by atoms with Gasteiger partial charge in [-0.1, -0.05) is 36.4 Å². The zero-order valence-electron chi connectivity index (χ0n) is 16.3. The summed E-state index contributed by atoms with van der Waals surface area (Å²) >= 11 is 0. The van der Waals surface area contributed by atoms with Gasteiger partial charge in [-0.05, 0) is 43.0 Å². The highest BCUT2D eigenvalue weighted by molar-refractivity contribution is 14.0. The number of fused-ring (bicyclic) bond motifs is 1. The second-order valence-electron chi connectivity index (χ2n) is 6.40. The molecule has 150 valence electrons. The van der Waals surface area contributed by atoms with Crippen molar-refractivity contribution in [2.75, 3.05) is 26.7 Å². The van der Waals surface area contributed by atoms with E-state index in [1.165, 1.54) is 16.5 Å². The molecule has 1 heterocycles. The average Bonchev–Trinajstić information content (AvgIpc) is 3.13. The van der Waals surface area contributed by atoms with Crippen LogP contribution in [-0.2, 0) is 6.42 Å². The molecule has 1 aromatic heterocycles. The molecule has 0 unspecified atom stereocenters. The molecule has 0 bridgehead atoms. The number of guanidine groups is 1. The van der Waals surface area contributed by atoms with Gasteiger partial charge in [0.2, 0.25) is 0 Å². The summed E-state index contributed by atoms with van der Waals surface area (Å²) in [7, 11) is 1.81. The molecule has 3 aromatic rings. The van der Waals surface area contributed by atoms with Crippen LogP contribution in [0.15, 0.2) is 65.8 Å². The maximum absolute atomic E-state index is 5.70. The lowest BCUT2D eigenvalue weighted by atomic mass is 10.1. The molecule has 3 rings (SSSR count). The summed E-state index contributed by atoms with van der Waals surface area (Å²) in [5.41, 5.74) is 2.51. The Morgan fingerprint density at radius 2 is 1.71 bits per heavy atom. The number of halogens is 1. The van der Waals surface area contributed by atoms with Gasteiger partial charge in [0.15, 0.2) is 5.96 Å². The van der Waals surface area contributed by atoms with Crippen LogP contribution in [-0.4, -0.2) is 37.7 Å². The number of para-hydroxylation sites is 2. The highest BCUT2D eigenvalue weighted by atomic mass is 127. The maximum atomic E-state index is 5.70. The topological polar surface area (TPSA) is 61.4 Å². The summed E-state index contributed by atoms with van der Waals surface area (Å²) in [5.74, 6) is 1.78. The summed E-state index contributed by atoms with van der Waals surface area (Å²) < 4.78 is 5.70. The Labute approximate surface area is 184 Å². The van der Waals surface area contributed by atoms with Crippen LogP contribution in [0, 0.1) is 0 Å². The van der Waals surface area contributed by atoms with E-state index in [-0.39, 0.29) is 24.0 Å². The third-order valence-corrected chi connectivity index (χ3v) is 4.46. The minimum absolute atomic E-state index is 0. The molecule has 0 saturated carbocycles. The van der Waals surface area contributed by atoms with Gasteiger partial charge in [-0.2, -0.15) is 0 Å². The van der Waals surface area contributed by atoms with Crippen molar-refractivity contribution in [3.8, 4) is 5.75 Å². The molecule has 0 aliphatic rings. The van der Waals surface area contributed by atoms with E-state index in [1.807, 2.05) is 30.3 Å². The number of aliphatic imine (C=N–C) groups is 1. The molecule has 0 fully saturated rings. The Hall–Kier alpha value is -2.22. The molecule has 0 aliphatic heterocycles. The number of H-pyrrole nitrogens is 1. The summed E-state index contributed by atoms with van der Waals surface area (Å²) in [6.07, 6.45) is 5.09. The molecule has 0 aliphatic carbocycles. The quantitative estimate of drug-likeness (QED) is 0.180. The normalized spacial score (nSPS) is 11.1. The van der Waals surface area contributed by atoms with Crippen LogP contribution < -0.4 is 15.4 Å². The fourth-order valence-corrected chi connectivity index (χ4v) is 3.02. The smallest absolute Gasteiger partial charge is 0.190 e. The number of aromatic amines is 1. The van der Waals surface area contributed by atoms with E-state index < -0.39 is 0 Å². The number of nitrogens with one attached hydrogen (secondary N) is 3. The SMILES string of the molecule is CN=C(NCCCCOc1ccccc1)NCCc1c[nH]c2ccccc12.I. The van der Waals surface area contributed by atoms with Crippen molar-refractivity contribution in [2.24, 2.45) is 4.99 Å². The number of nitrogens with zero attached hydrogens (tertiary/aromatic N) is 1. The van der Waals surface area contributed by atoms with Gasteiger partial charge in [0, 0.05) is 37.2 Å². The van der Waals surface area contributed by atoms with E-state index in [9.17, 15) is 0 Å². The number of ether oxygens (including phenoxy) is 1. The lowest BCUT2D eigenvalue weighted by Gasteiger charge is -2.12. The molecule has 2 aromatic carbocycles. The Morgan fingerprint density at radius 3 is 2.54 bits per heavy atom. The predicted octanol–water partition coefficient (Wildman–Crippen LogP) is 4.35. The van der Waals surface area contributed by atoms with Crippen molar-refractivity contribution in [2.45, 2.75) is 19.3 Å². The van der Waals surface area contributed by atoms with Gasteiger partial charge >= 0.3 is 0 Å². The van der Waals surface area contributed by atoms with Crippen molar-refractivity contribution in [3.05, 3.63) is 66.4 Å². The molecular weight excluding hydrogens is 463 g/mol. The first-order chi connectivity index (χ1) is 13.4. The summed E-state index contributed by atoms with van der Waals surface area (Å²) in [4.78, 5) is 7.61. The van der Waals surface area contributed by atoms with Crippen molar-refractivity contribution >= 4 is 40.8 Å². The van der Waals surface area contributed by atoms with Crippen LogP contribution in [0.4, 0.5) is 0 Å². The van der Waals surface area contributed by atoms with Crippen LogP contribution in [0.5, 0.6) is 5.75 Å². The second kappa shape index (κ2) is 12.3. The molecule has 5 nitrogen and oxygen atoms in total. The first-order valence-corrected chi connectivity index (χ1v) is 9.54. The number of hydrogen-bond acceptors (Lipinski definition) is 2. The van der Waals surface area contributed by atoms with Gasteiger partial charge < -0.3 is 20.4 Å². The molecule has 0 amide bonds. The average molecular weight is 492 g/mol. The predicted molar refractivity (Wildman–Crippen MR) is 128 cm³/mol. The van der Waals surface area contributed by atoms with E-state index in [1.54, 1.807) is 7.05 Å². The lowest BCUT2D eigenvalue weighted by Crippen LogP contribution is -2.38. The van der Waals surface area contributed by atoms with E-state index in [4.69, 9.17) is 4.74 Å². The number of benzene rings is 2. The molecule has 28 heavy (non-hydrogen) atoms. The fourth-order valence-electron chi connectivity index (χ4n) is 3.02. The van der Waals surface area contributed by atoms with Crippen LogP contribution in [0.2, 0.25) is 0 Å². The third-order valence-electron chi connectivity index (χ3n) is 4.46. The Balaban J connectivity index is 0.00000280. The van der Waals surface area contributed by atoms with Gasteiger partial charge in [0.1, 0.15) is 5.75 Å². The van der Waals surface area contributed by atoms with Crippen LogP contribution in [0.3, 0.4) is 0 Å². The van der Waals surface area contributed by atoms with Gasteiger partial charge in [-0.15, -0.1) is 24.0 Å². The Morgan fingerprint density at radius 1 is 0.964 bits per heavy atom. The Kier molecular flexibility index (Phi) is 9.68. The highest BCUT2D eigenvalue weighted by Gasteiger charge is 2.03. The molecule has 0 radical (unpaired) electrons. The third kappa shape index (κ3) is 6.74. The Bertz CT molecular complexity index is 848. The first-order valence-electron chi connectivity index (χ1n) is 9.54. The van der Waals surface area contributed by atoms with Gasteiger partial charge in [0.25, 0.3) is 0 Å². The van der Waals surface area contributed by atoms with E-state index in [0.717, 1.165) is 50.7 Å². The fraction of sp³-hybridized carbons (Fsp3) is 0.318. The standard InChI is InChI=1S/C22H28N4O.HI/c1-23-22(24-14-7-8-16-27-19-9-3-2-4-10-19)25-15-13-18-17-26-21-12-6-5-11-20(18)21;/h2-6,9-12,17,26H,7-8,13-16H2,1H3,(H2,23,24,25);1H. The zero-order chi connectivity index (χ0) is 18.7. The monoisotopic (exact) mass is 492 g/mol. The summed E-state index contributed by atoms with van der Waals surface area (Å²) in [6, 6.07) is 18.3. The van der Waals surface area contributed by atoms with Crippen LogP contribution in [0.25, 0.3) is 10.9 Å².